The first kappa shape index (κ1) is 22.6. The highest BCUT2D eigenvalue weighted by atomic mass is 16.2. The number of rotatable bonds is 7. The van der Waals surface area contributed by atoms with Crippen LogP contribution in [0.15, 0.2) is 78.9 Å². The van der Waals surface area contributed by atoms with Gasteiger partial charge in [-0.2, -0.15) is 0 Å². The maximum absolute atomic E-state index is 12.7. The molecule has 3 aromatic rings. The monoisotopic (exact) mass is 442 g/mol. The fourth-order valence-corrected chi connectivity index (χ4v) is 4.14. The Morgan fingerprint density at radius 2 is 1.52 bits per heavy atom. The SMILES string of the molecule is Nc1ccccc1NC(=O)c1cccc(C(=O)NCC2CCN(Cc3ccccc3)CC2)c1. The molecule has 1 saturated heterocycles. The number of nitrogen functional groups attached to an aromatic ring is 1. The minimum atomic E-state index is -0.298. The average molecular weight is 443 g/mol. The summed E-state index contributed by atoms with van der Waals surface area (Å²) in [5, 5.41) is 5.85. The van der Waals surface area contributed by atoms with Gasteiger partial charge in [0.25, 0.3) is 11.8 Å². The maximum Gasteiger partial charge on any atom is 0.255 e. The number of nitrogens with two attached hydrogens (primary N) is 1. The fourth-order valence-electron chi connectivity index (χ4n) is 4.14. The van der Waals surface area contributed by atoms with Crippen LogP contribution in [0.5, 0.6) is 0 Å². The lowest BCUT2D eigenvalue weighted by Crippen LogP contribution is -2.38. The van der Waals surface area contributed by atoms with Gasteiger partial charge in [0.05, 0.1) is 11.4 Å². The van der Waals surface area contributed by atoms with E-state index in [0.29, 0.717) is 35.0 Å². The lowest BCUT2D eigenvalue weighted by atomic mass is 9.96. The van der Waals surface area contributed by atoms with E-state index in [1.165, 1.54) is 5.56 Å². The number of hydrogen-bond donors (Lipinski definition) is 3. The van der Waals surface area contributed by atoms with E-state index in [2.05, 4.69) is 39.8 Å². The van der Waals surface area contributed by atoms with Gasteiger partial charge in [-0.25, -0.2) is 0 Å². The Hall–Kier alpha value is -3.64. The van der Waals surface area contributed by atoms with Crippen LogP contribution in [-0.2, 0) is 6.54 Å². The van der Waals surface area contributed by atoms with E-state index in [0.717, 1.165) is 32.5 Å². The molecule has 0 aromatic heterocycles. The number of carbonyl (C=O) groups excluding carboxylic acids is 2. The first-order chi connectivity index (χ1) is 16.1. The van der Waals surface area contributed by atoms with Crippen molar-refractivity contribution in [3.63, 3.8) is 0 Å². The molecule has 0 unspecified atom stereocenters. The number of nitrogens with one attached hydrogen (secondary N) is 2. The molecule has 1 aliphatic rings. The van der Waals surface area contributed by atoms with E-state index in [1.807, 2.05) is 18.2 Å². The van der Waals surface area contributed by atoms with Crippen molar-refractivity contribution < 1.29 is 9.59 Å². The molecule has 2 amide bonds. The Kier molecular flexibility index (Phi) is 7.37. The predicted octanol–water partition coefficient (Wildman–Crippen LogP) is 4.16. The molecule has 3 aromatic carbocycles. The zero-order valence-electron chi connectivity index (χ0n) is 18.7. The maximum atomic E-state index is 12.7. The van der Waals surface area contributed by atoms with E-state index in [-0.39, 0.29) is 11.8 Å². The Morgan fingerprint density at radius 3 is 2.24 bits per heavy atom. The third-order valence-electron chi connectivity index (χ3n) is 6.10. The third-order valence-corrected chi connectivity index (χ3v) is 6.10. The number of benzene rings is 3. The Morgan fingerprint density at radius 1 is 0.848 bits per heavy atom. The lowest BCUT2D eigenvalue weighted by molar-refractivity contribution is 0.0935. The second-order valence-corrected chi connectivity index (χ2v) is 8.54. The van der Waals surface area contributed by atoms with Gasteiger partial charge >= 0.3 is 0 Å². The van der Waals surface area contributed by atoms with E-state index in [4.69, 9.17) is 5.73 Å². The van der Waals surface area contributed by atoms with Gasteiger partial charge in [-0.05, 0) is 67.7 Å². The topological polar surface area (TPSA) is 87.5 Å². The Labute approximate surface area is 194 Å². The number of amides is 2. The van der Waals surface area contributed by atoms with Gasteiger partial charge in [0, 0.05) is 24.2 Å². The second-order valence-electron chi connectivity index (χ2n) is 8.54. The van der Waals surface area contributed by atoms with Crippen LogP contribution in [0.1, 0.15) is 39.1 Å². The van der Waals surface area contributed by atoms with Crippen molar-refractivity contribution in [3.8, 4) is 0 Å². The highest BCUT2D eigenvalue weighted by molar-refractivity contribution is 6.07. The van der Waals surface area contributed by atoms with Crippen LogP contribution < -0.4 is 16.4 Å². The standard InChI is InChI=1S/C27H30N4O2/c28-24-11-4-5-12-25(24)30-27(33)23-10-6-9-22(17-23)26(32)29-18-20-13-15-31(16-14-20)19-21-7-2-1-3-8-21/h1-12,17,20H,13-16,18-19,28H2,(H,29,32)(H,30,33). The molecule has 1 heterocycles. The van der Waals surface area contributed by atoms with Crippen LogP contribution in [0.2, 0.25) is 0 Å². The summed E-state index contributed by atoms with van der Waals surface area (Å²) in [6, 6.07) is 24.4. The summed E-state index contributed by atoms with van der Waals surface area (Å²) < 4.78 is 0. The van der Waals surface area contributed by atoms with Gasteiger partial charge in [-0.1, -0.05) is 48.5 Å². The van der Waals surface area contributed by atoms with Gasteiger partial charge in [-0.3, -0.25) is 14.5 Å². The molecule has 4 rings (SSSR count). The number of carbonyl (C=O) groups is 2. The molecule has 0 saturated carbocycles. The number of nitrogens with zero attached hydrogens (tertiary/aromatic N) is 1. The minimum Gasteiger partial charge on any atom is -0.397 e. The summed E-state index contributed by atoms with van der Waals surface area (Å²) >= 11 is 0. The summed E-state index contributed by atoms with van der Waals surface area (Å²) in [5.41, 5.74) is 9.18. The summed E-state index contributed by atoms with van der Waals surface area (Å²) in [6.07, 6.45) is 2.13. The second kappa shape index (κ2) is 10.8. The molecule has 0 radical (unpaired) electrons. The molecule has 1 aliphatic heterocycles. The number of piperidine rings is 1. The zero-order chi connectivity index (χ0) is 23.0. The fraction of sp³-hybridized carbons (Fsp3) is 0.259. The molecule has 33 heavy (non-hydrogen) atoms. The Balaban J connectivity index is 1.26. The van der Waals surface area contributed by atoms with E-state index in [1.54, 1.807) is 36.4 Å². The third kappa shape index (κ3) is 6.20. The quantitative estimate of drug-likeness (QED) is 0.480. The van der Waals surface area contributed by atoms with Crippen LogP contribution in [-0.4, -0.2) is 36.3 Å². The molecule has 0 bridgehead atoms. The number of para-hydroxylation sites is 2. The predicted molar refractivity (Wildman–Crippen MR) is 132 cm³/mol. The van der Waals surface area contributed by atoms with E-state index < -0.39 is 0 Å². The van der Waals surface area contributed by atoms with Crippen molar-refractivity contribution in [2.45, 2.75) is 19.4 Å². The largest absolute Gasteiger partial charge is 0.397 e. The molecule has 4 N–H and O–H groups in total. The summed E-state index contributed by atoms with van der Waals surface area (Å²) in [5.74, 6) is 0.0115. The highest BCUT2D eigenvalue weighted by Crippen LogP contribution is 2.20. The van der Waals surface area contributed by atoms with Gasteiger partial charge in [-0.15, -0.1) is 0 Å². The van der Waals surface area contributed by atoms with Crippen molar-refractivity contribution in [3.05, 3.63) is 95.6 Å². The van der Waals surface area contributed by atoms with Crippen molar-refractivity contribution in [1.29, 1.82) is 0 Å². The average Bonchev–Trinajstić information content (AvgIpc) is 2.85. The molecular weight excluding hydrogens is 412 g/mol. The molecule has 0 spiro atoms. The van der Waals surface area contributed by atoms with Gasteiger partial charge in [0.15, 0.2) is 0 Å². The molecular formula is C27H30N4O2. The van der Waals surface area contributed by atoms with Crippen LogP contribution in [0.25, 0.3) is 0 Å². The first-order valence-electron chi connectivity index (χ1n) is 11.4. The van der Waals surface area contributed by atoms with Crippen LogP contribution in [0, 0.1) is 5.92 Å². The van der Waals surface area contributed by atoms with Crippen LogP contribution in [0.4, 0.5) is 11.4 Å². The highest BCUT2D eigenvalue weighted by Gasteiger charge is 2.20. The van der Waals surface area contributed by atoms with Gasteiger partial charge < -0.3 is 16.4 Å². The number of likely N-dealkylation sites (tertiary alicyclic amines) is 1. The molecule has 6 nitrogen and oxygen atoms in total. The first-order valence-corrected chi connectivity index (χ1v) is 11.4. The van der Waals surface area contributed by atoms with Gasteiger partial charge in [0.2, 0.25) is 0 Å². The number of hydrogen-bond acceptors (Lipinski definition) is 4. The summed E-state index contributed by atoms with van der Waals surface area (Å²) in [7, 11) is 0. The normalized spacial score (nSPS) is 14.5. The van der Waals surface area contributed by atoms with Crippen molar-refractivity contribution in [1.82, 2.24) is 10.2 Å². The van der Waals surface area contributed by atoms with Gasteiger partial charge in [0.1, 0.15) is 0 Å². The number of anilines is 2. The summed E-state index contributed by atoms with van der Waals surface area (Å²) in [4.78, 5) is 27.8. The summed E-state index contributed by atoms with van der Waals surface area (Å²) in [6.45, 7) is 3.69. The van der Waals surface area contributed by atoms with E-state index in [9.17, 15) is 9.59 Å². The molecule has 0 aliphatic carbocycles. The van der Waals surface area contributed by atoms with Crippen molar-refractivity contribution >= 4 is 23.2 Å². The molecule has 6 heteroatoms. The van der Waals surface area contributed by atoms with Crippen molar-refractivity contribution in [2.75, 3.05) is 30.7 Å². The van der Waals surface area contributed by atoms with E-state index >= 15 is 0 Å². The minimum absolute atomic E-state index is 0.157. The molecule has 170 valence electrons. The zero-order valence-corrected chi connectivity index (χ0v) is 18.7. The lowest BCUT2D eigenvalue weighted by Gasteiger charge is -2.32. The van der Waals surface area contributed by atoms with Crippen LogP contribution in [0.3, 0.4) is 0 Å². The molecule has 1 fully saturated rings. The smallest absolute Gasteiger partial charge is 0.255 e. The molecule has 0 atom stereocenters. The van der Waals surface area contributed by atoms with Crippen LogP contribution >= 0.6 is 0 Å². The van der Waals surface area contributed by atoms with Crippen molar-refractivity contribution in [2.24, 2.45) is 5.92 Å². The Bertz CT molecular complexity index is 1090.